The molecule has 1 unspecified atom stereocenters. The molecule has 0 spiro atoms. The van der Waals surface area contributed by atoms with Crippen LogP contribution < -0.4 is 10.1 Å². The van der Waals surface area contributed by atoms with E-state index in [4.69, 9.17) is 4.74 Å². The fourth-order valence-corrected chi connectivity index (χ4v) is 5.09. The Kier molecular flexibility index (Phi) is 6.29. The van der Waals surface area contributed by atoms with Gasteiger partial charge in [0, 0.05) is 26.9 Å². The summed E-state index contributed by atoms with van der Waals surface area (Å²) in [7, 11) is 1.57. The molecule has 1 aromatic heterocycles. The van der Waals surface area contributed by atoms with E-state index in [9.17, 15) is 9.59 Å². The van der Waals surface area contributed by atoms with Gasteiger partial charge in [0.15, 0.2) is 0 Å². The van der Waals surface area contributed by atoms with Crippen LogP contribution in [-0.4, -0.2) is 28.7 Å². The standard InChI is InChI=1S/C29H24N2O3S/c1-19(29(33)31-26-12-5-3-10-24(26)25-11-4-6-13-27(25)31)35-23-16-14-21(15-17-23)30-28(32)20-8-7-9-22(18-20)34-2/h3-19H,1-2H3,(H,30,32). The first-order valence-electron chi connectivity index (χ1n) is 11.3. The number of carbonyl (C=O) groups excluding carboxylic acids is 2. The van der Waals surface area contributed by atoms with E-state index in [1.165, 1.54) is 11.8 Å². The van der Waals surface area contributed by atoms with Gasteiger partial charge in [-0.15, -0.1) is 11.8 Å². The molecule has 1 amide bonds. The highest BCUT2D eigenvalue weighted by Crippen LogP contribution is 2.32. The minimum absolute atomic E-state index is 0.0304. The van der Waals surface area contributed by atoms with E-state index in [1.807, 2.05) is 72.2 Å². The molecule has 1 atom stereocenters. The molecule has 0 fully saturated rings. The van der Waals surface area contributed by atoms with Crippen LogP contribution in [0.2, 0.25) is 0 Å². The Labute approximate surface area is 207 Å². The van der Waals surface area contributed by atoms with Gasteiger partial charge in [0.25, 0.3) is 5.91 Å². The topological polar surface area (TPSA) is 60.3 Å². The summed E-state index contributed by atoms with van der Waals surface area (Å²) in [5.41, 5.74) is 3.04. The van der Waals surface area contributed by atoms with Crippen molar-refractivity contribution in [3.63, 3.8) is 0 Å². The number of anilines is 1. The maximum Gasteiger partial charge on any atom is 0.255 e. The molecule has 5 nitrogen and oxygen atoms in total. The summed E-state index contributed by atoms with van der Waals surface area (Å²) in [4.78, 5) is 27.0. The fraction of sp³-hybridized carbons (Fsp3) is 0.103. The zero-order valence-corrected chi connectivity index (χ0v) is 20.2. The number of nitrogens with zero attached hydrogens (tertiary/aromatic N) is 1. The lowest BCUT2D eigenvalue weighted by atomic mass is 10.2. The Morgan fingerprint density at radius 2 is 1.46 bits per heavy atom. The molecular weight excluding hydrogens is 456 g/mol. The number of fused-ring (bicyclic) bond motifs is 3. The van der Waals surface area contributed by atoms with E-state index in [1.54, 1.807) is 31.4 Å². The lowest BCUT2D eigenvalue weighted by molar-refractivity contribution is 0.0924. The molecule has 0 aliphatic carbocycles. The SMILES string of the molecule is COc1cccc(C(=O)Nc2ccc(SC(C)C(=O)n3c4ccccc4c4ccccc43)cc2)c1. The van der Waals surface area contributed by atoms with E-state index < -0.39 is 0 Å². The van der Waals surface area contributed by atoms with E-state index in [0.717, 1.165) is 26.7 Å². The van der Waals surface area contributed by atoms with Gasteiger partial charge >= 0.3 is 0 Å². The van der Waals surface area contributed by atoms with Crippen LogP contribution in [0.15, 0.2) is 102 Å². The van der Waals surface area contributed by atoms with Crippen molar-refractivity contribution < 1.29 is 14.3 Å². The van der Waals surface area contributed by atoms with Gasteiger partial charge in [0.1, 0.15) is 5.75 Å². The number of para-hydroxylation sites is 2. The number of nitrogens with one attached hydrogen (secondary N) is 1. The lowest BCUT2D eigenvalue weighted by Crippen LogP contribution is -2.21. The first kappa shape index (κ1) is 22.7. The summed E-state index contributed by atoms with van der Waals surface area (Å²) in [6.07, 6.45) is 0. The minimum Gasteiger partial charge on any atom is -0.497 e. The summed E-state index contributed by atoms with van der Waals surface area (Å²) >= 11 is 1.50. The third kappa shape index (κ3) is 4.53. The van der Waals surface area contributed by atoms with Gasteiger partial charge in [-0.2, -0.15) is 0 Å². The van der Waals surface area contributed by atoms with Crippen LogP contribution >= 0.6 is 11.8 Å². The Balaban J connectivity index is 1.32. The molecule has 5 aromatic rings. The summed E-state index contributed by atoms with van der Waals surface area (Å²) in [5.74, 6) is 0.452. The zero-order chi connectivity index (χ0) is 24.4. The monoisotopic (exact) mass is 480 g/mol. The number of thioether (sulfide) groups is 1. The third-order valence-electron chi connectivity index (χ3n) is 5.91. The van der Waals surface area contributed by atoms with Gasteiger partial charge in [-0.1, -0.05) is 42.5 Å². The number of methoxy groups -OCH3 is 1. The predicted octanol–water partition coefficient (Wildman–Crippen LogP) is 6.88. The zero-order valence-electron chi connectivity index (χ0n) is 19.4. The molecule has 6 heteroatoms. The Bertz CT molecular complexity index is 1490. The molecule has 1 N–H and O–H groups in total. The Hall–Kier alpha value is -4.03. The molecule has 0 radical (unpaired) electrons. The highest BCUT2D eigenvalue weighted by Gasteiger charge is 2.21. The summed E-state index contributed by atoms with van der Waals surface area (Å²) in [5, 5.41) is 4.75. The quantitative estimate of drug-likeness (QED) is 0.269. The van der Waals surface area contributed by atoms with Gasteiger partial charge in [-0.3, -0.25) is 14.2 Å². The lowest BCUT2D eigenvalue weighted by Gasteiger charge is -2.14. The van der Waals surface area contributed by atoms with Crippen molar-refractivity contribution in [2.24, 2.45) is 0 Å². The summed E-state index contributed by atoms with van der Waals surface area (Å²) in [6.45, 7) is 1.93. The molecule has 174 valence electrons. The molecule has 0 aliphatic heterocycles. The second kappa shape index (κ2) is 9.68. The van der Waals surface area contributed by atoms with Crippen LogP contribution in [0, 0.1) is 0 Å². The molecule has 35 heavy (non-hydrogen) atoms. The van der Waals surface area contributed by atoms with Crippen LogP contribution in [0.25, 0.3) is 21.8 Å². The number of benzene rings is 4. The van der Waals surface area contributed by atoms with Crippen molar-refractivity contribution in [1.82, 2.24) is 4.57 Å². The molecule has 0 saturated carbocycles. The molecule has 0 saturated heterocycles. The second-order valence-corrected chi connectivity index (χ2v) is 9.59. The smallest absolute Gasteiger partial charge is 0.255 e. The van der Waals surface area contributed by atoms with E-state index >= 15 is 0 Å². The van der Waals surface area contributed by atoms with Crippen LogP contribution in [0.1, 0.15) is 22.1 Å². The van der Waals surface area contributed by atoms with Crippen molar-refractivity contribution in [2.75, 3.05) is 12.4 Å². The summed E-state index contributed by atoms with van der Waals surface area (Å²) in [6, 6.07) is 30.5. The Morgan fingerprint density at radius 1 is 0.829 bits per heavy atom. The predicted molar refractivity (Wildman–Crippen MR) is 143 cm³/mol. The molecule has 1 heterocycles. The number of hydrogen-bond donors (Lipinski definition) is 1. The van der Waals surface area contributed by atoms with E-state index in [2.05, 4.69) is 17.4 Å². The molecule has 0 bridgehead atoms. The number of hydrogen-bond acceptors (Lipinski definition) is 4. The largest absolute Gasteiger partial charge is 0.497 e. The van der Waals surface area contributed by atoms with Crippen molar-refractivity contribution in [1.29, 1.82) is 0 Å². The normalized spacial score (nSPS) is 11.9. The Morgan fingerprint density at radius 3 is 2.09 bits per heavy atom. The van der Waals surface area contributed by atoms with Crippen LogP contribution in [0.3, 0.4) is 0 Å². The average Bonchev–Trinajstić information content (AvgIpc) is 3.23. The summed E-state index contributed by atoms with van der Waals surface area (Å²) < 4.78 is 7.01. The number of ether oxygens (including phenoxy) is 1. The van der Waals surface area contributed by atoms with Crippen molar-refractivity contribution in [3.05, 3.63) is 103 Å². The van der Waals surface area contributed by atoms with E-state index in [-0.39, 0.29) is 17.1 Å². The third-order valence-corrected chi connectivity index (χ3v) is 7.00. The van der Waals surface area contributed by atoms with Crippen molar-refractivity contribution >= 4 is 51.1 Å². The molecule has 0 aliphatic rings. The fourth-order valence-electron chi connectivity index (χ4n) is 4.18. The van der Waals surface area contributed by atoms with Gasteiger partial charge in [0.2, 0.25) is 5.91 Å². The van der Waals surface area contributed by atoms with Crippen LogP contribution in [0.5, 0.6) is 5.75 Å². The van der Waals surface area contributed by atoms with Crippen molar-refractivity contribution in [3.8, 4) is 5.75 Å². The molecule has 4 aromatic carbocycles. The first-order valence-corrected chi connectivity index (χ1v) is 12.2. The maximum atomic E-state index is 13.5. The molecular formula is C29H24N2O3S. The van der Waals surface area contributed by atoms with Crippen LogP contribution in [0.4, 0.5) is 5.69 Å². The van der Waals surface area contributed by atoms with Crippen molar-refractivity contribution in [2.45, 2.75) is 17.1 Å². The minimum atomic E-state index is -0.300. The van der Waals surface area contributed by atoms with E-state index in [0.29, 0.717) is 17.0 Å². The highest BCUT2D eigenvalue weighted by atomic mass is 32.2. The number of rotatable bonds is 6. The number of amides is 1. The van der Waals surface area contributed by atoms with Crippen LogP contribution in [-0.2, 0) is 0 Å². The number of aromatic nitrogens is 1. The van der Waals surface area contributed by atoms with Gasteiger partial charge in [0.05, 0.1) is 23.4 Å². The first-order chi connectivity index (χ1) is 17.0. The second-order valence-electron chi connectivity index (χ2n) is 8.18. The van der Waals surface area contributed by atoms with Gasteiger partial charge in [-0.25, -0.2) is 0 Å². The van der Waals surface area contributed by atoms with Gasteiger partial charge in [-0.05, 0) is 61.5 Å². The average molecular weight is 481 g/mol. The van der Waals surface area contributed by atoms with Gasteiger partial charge < -0.3 is 10.1 Å². The molecule has 5 rings (SSSR count). The maximum absolute atomic E-state index is 13.5. The number of carbonyl (C=O) groups is 2. The highest BCUT2D eigenvalue weighted by molar-refractivity contribution is 8.00.